The maximum Gasteiger partial charge on any atom is 0.244 e. The predicted octanol–water partition coefficient (Wildman–Crippen LogP) is 4.60. The number of hydrogen-bond acceptors (Lipinski definition) is 2. The van der Waals surface area contributed by atoms with Gasteiger partial charge in [0.2, 0.25) is 10.0 Å². The molecule has 0 aromatic heterocycles. The molecule has 0 N–H and O–H groups in total. The van der Waals surface area contributed by atoms with E-state index < -0.39 is 10.0 Å². The highest BCUT2D eigenvalue weighted by Crippen LogP contribution is 2.30. The first-order valence-electron chi connectivity index (χ1n) is 7.01. The second kappa shape index (κ2) is 7.32. The molecule has 0 unspecified atom stereocenters. The largest absolute Gasteiger partial charge is 0.244 e. The molecule has 1 aromatic carbocycles. The van der Waals surface area contributed by atoms with Crippen LogP contribution in [-0.4, -0.2) is 25.8 Å². The second-order valence-corrected chi connectivity index (χ2v) is 8.86. The summed E-state index contributed by atoms with van der Waals surface area (Å²) in [6.07, 6.45) is 0. The Labute approximate surface area is 138 Å². The fraction of sp³-hybridized carbons (Fsp3) is 0.600. The molecule has 0 heterocycles. The van der Waals surface area contributed by atoms with Crippen LogP contribution in [0, 0.1) is 18.8 Å². The van der Waals surface area contributed by atoms with E-state index in [1.807, 2.05) is 27.7 Å². The van der Waals surface area contributed by atoms with E-state index in [1.54, 1.807) is 13.0 Å². The number of sulfonamides is 1. The van der Waals surface area contributed by atoms with Gasteiger partial charge in [-0.1, -0.05) is 50.9 Å². The first kappa shape index (κ1) is 18.8. The minimum Gasteiger partial charge on any atom is -0.207 e. The Morgan fingerprint density at radius 1 is 1.00 bits per heavy atom. The summed E-state index contributed by atoms with van der Waals surface area (Å²) in [4.78, 5) is 0.132. The van der Waals surface area contributed by atoms with Crippen LogP contribution in [0.4, 0.5) is 0 Å². The molecule has 21 heavy (non-hydrogen) atoms. The quantitative estimate of drug-likeness (QED) is 0.750. The van der Waals surface area contributed by atoms with E-state index in [-0.39, 0.29) is 21.8 Å². The molecule has 0 amide bonds. The number of halogens is 2. The van der Waals surface area contributed by atoms with E-state index in [1.165, 1.54) is 10.4 Å². The van der Waals surface area contributed by atoms with Gasteiger partial charge in [0.25, 0.3) is 0 Å². The molecule has 0 fully saturated rings. The maximum absolute atomic E-state index is 12.9. The summed E-state index contributed by atoms with van der Waals surface area (Å²) in [5, 5.41) is 0.640. The van der Waals surface area contributed by atoms with Crippen molar-refractivity contribution in [2.24, 2.45) is 11.8 Å². The molecule has 1 rings (SSSR count). The summed E-state index contributed by atoms with van der Waals surface area (Å²) in [5.74, 6) is 0.483. The molecule has 0 bridgehead atoms. The predicted molar refractivity (Wildman–Crippen MR) is 89.6 cm³/mol. The molecule has 0 aliphatic rings. The molecular formula is C15H23Cl2NO2S. The van der Waals surface area contributed by atoms with Gasteiger partial charge in [0.05, 0.1) is 5.02 Å². The van der Waals surface area contributed by atoms with Crippen LogP contribution in [0.1, 0.15) is 33.3 Å². The van der Waals surface area contributed by atoms with Crippen molar-refractivity contribution in [1.82, 2.24) is 4.31 Å². The Kier molecular flexibility index (Phi) is 6.54. The Balaban J connectivity index is 3.31. The molecule has 6 heteroatoms. The van der Waals surface area contributed by atoms with Crippen LogP contribution in [0.5, 0.6) is 0 Å². The summed E-state index contributed by atoms with van der Waals surface area (Å²) < 4.78 is 27.3. The molecule has 0 radical (unpaired) electrons. The van der Waals surface area contributed by atoms with Gasteiger partial charge in [-0.2, -0.15) is 4.31 Å². The molecule has 0 spiro atoms. The third-order valence-electron chi connectivity index (χ3n) is 2.97. The van der Waals surface area contributed by atoms with Gasteiger partial charge in [-0.05, 0) is 36.5 Å². The lowest BCUT2D eigenvalue weighted by molar-refractivity contribution is 0.333. The third-order valence-corrected chi connectivity index (χ3v) is 5.67. The highest BCUT2D eigenvalue weighted by atomic mass is 35.5. The van der Waals surface area contributed by atoms with E-state index in [0.29, 0.717) is 23.7 Å². The van der Waals surface area contributed by atoms with Crippen molar-refractivity contribution in [2.45, 2.75) is 39.5 Å². The average Bonchev–Trinajstić information content (AvgIpc) is 2.31. The van der Waals surface area contributed by atoms with Gasteiger partial charge in [-0.25, -0.2) is 8.42 Å². The monoisotopic (exact) mass is 351 g/mol. The molecule has 0 aliphatic heterocycles. The van der Waals surface area contributed by atoms with Crippen LogP contribution in [-0.2, 0) is 10.0 Å². The Morgan fingerprint density at radius 3 is 1.90 bits per heavy atom. The standard InChI is InChI=1S/C15H23Cl2NO2S/c1-10(2)8-18(9-11(3)4)21(19,20)15-6-12(5)13(16)7-14(15)17/h6-7,10-11H,8-9H2,1-5H3. The zero-order chi connectivity index (χ0) is 16.4. The molecular weight excluding hydrogens is 329 g/mol. The Hall–Kier alpha value is -0.290. The van der Waals surface area contributed by atoms with E-state index in [9.17, 15) is 8.42 Å². The highest BCUT2D eigenvalue weighted by Gasteiger charge is 2.28. The molecule has 1 aromatic rings. The molecule has 0 saturated heterocycles. The lowest BCUT2D eigenvalue weighted by atomic mass is 10.2. The van der Waals surface area contributed by atoms with Gasteiger partial charge in [0, 0.05) is 18.1 Å². The maximum atomic E-state index is 12.9. The molecule has 120 valence electrons. The summed E-state index contributed by atoms with van der Waals surface area (Å²) >= 11 is 12.1. The summed E-state index contributed by atoms with van der Waals surface area (Å²) in [5.41, 5.74) is 0.702. The van der Waals surface area contributed by atoms with Crippen molar-refractivity contribution in [3.63, 3.8) is 0 Å². The van der Waals surface area contributed by atoms with Crippen molar-refractivity contribution in [3.05, 3.63) is 27.7 Å². The lowest BCUT2D eigenvalue weighted by Crippen LogP contribution is -2.37. The fourth-order valence-corrected chi connectivity index (χ4v) is 4.63. The first-order valence-corrected chi connectivity index (χ1v) is 9.21. The minimum atomic E-state index is -3.62. The van der Waals surface area contributed by atoms with Crippen LogP contribution < -0.4 is 0 Å². The number of nitrogens with zero attached hydrogens (tertiary/aromatic N) is 1. The van der Waals surface area contributed by atoms with Crippen molar-refractivity contribution in [2.75, 3.05) is 13.1 Å². The van der Waals surface area contributed by atoms with Crippen molar-refractivity contribution >= 4 is 33.2 Å². The molecule has 0 saturated carbocycles. The smallest absolute Gasteiger partial charge is 0.207 e. The topological polar surface area (TPSA) is 37.4 Å². The van der Waals surface area contributed by atoms with E-state index in [0.717, 1.165) is 0 Å². The zero-order valence-electron chi connectivity index (χ0n) is 13.2. The van der Waals surface area contributed by atoms with Gasteiger partial charge in [-0.3, -0.25) is 0 Å². The second-order valence-electron chi connectivity index (χ2n) is 6.14. The zero-order valence-corrected chi connectivity index (χ0v) is 15.5. The van der Waals surface area contributed by atoms with Crippen molar-refractivity contribution in [1.29, 1.82) is 0 Å². The van der Waals surface area contributed by atoms with Crippen LogP contribution >= 0.6 is 23.2 Å². The summed E-state index contributed by atoms with van der Waals surface area (Å²) in [7, 11) is -3.62. The number of benzene rings is 1. The van der Waals surface area contributed by atoms with Crippen LogP contribution in [0.15, 0.2) is 17.0 Å². The first-order chi connectivity index (χ1) is 9.55. The summed E-state index contributed by atoms with van der Waals surface area (Å²) in [6, 6.07) is 3.04. The van der Waals surface area contributed by atoms with Gasteiger partial charge in [0.15, 0.2) is 0 Å². The van der Waals surface area contributed by atoms with Crippen LogP contribution in [0.3, 0.4) is 0 Å². The lowest BCUT2D eigenvalue weighted by Gasteiger charge is -2.26. The van der Waals surface area contributed by atoms with Crippen LogP contribution in [0.2, 0.25) is 10.0 Å². The van der Waals surface area contributed by atoms with Crippen molar-refractivity contribution in [3.8, 4) is 0 Å². The van der Waals surface area contributed by atoms with E-state index in [4.69, 9.17) is 23.2 Å². The van der Waals surface area contributed by atoms with Gasteiger partial charge < -0.3 is 0 Å². The van der Waals surface area contributed by atoms with Crippen molar-refractivity contribution < 1.29 is 8.42 Å². The molecule has 3 nitrogen and oxygen atoms in total. The van der Waals surface area contributed by atoms with E-state index >= 15 is 0 Å². The van der Waals surface area contributed by atoms with E-state index in [2.05, 4.69) is 0 Å². The minimum absolute atomic E-state index is 0.132. The Morgan fingerprint density at radius 2 is 1.48 bits per heavy atom. The molecule has 0 aliphatic carbocycles. The molecule has 0 atom stereocenters. The third kappa shape index (κ3) is 4.85. The Bertz CT molecular complexity index is 588. The number of aryl methyl sites for hydroxylation is 1. The van der Waals surface area contributed by atoms with Gasteiger partial charge in [-0.15, -0.1) is 0 Å². The van der Waals surface area contributed by atoms with Gasteiger partial charge >= 0.3 is 0 Å². The number of rotatable bonds is 6. The average molecular weight is 352 g/mol. The number of hydrogen-bond donors (Lipinski definition) is 0. The fourth-order valence-electron chi connectivity index (χ4n) is 2.05. The summed E-state index contributed by atoms with van der Waals surface area (Å²) in [6.45, 7) is 10.7. The van der Waals surface area contributed by atoms with Crippen LogP contribution in [0.25, 0.3) is 0 Å². The van der Waals surface area contributed by atoms with Gasteiger partial charge in [0.1, 0.15) is 4.90 Å². The SMILES string of the molecule is Cc1cc(S(=O)(=O)N(CC(C)C)CC(C)C)c(Cl)cc1Cl. The normalized spacial score (nSPS) is 12.7. The highest BCUT2D eigenvalue weighted by molar-refractivity contribution is 7.89.